The molecular weight excluding hydrogens is 233 g/mol. The molecule has 1 N–H and O–H groups in total. The standard InChI is InChI=1S/C11H13Cl2NO/c1-2-14-10(15)11(12,13)8-9-6-4-3-5-7-9/h3-7H,2,8H2,1H3,(H,14,15). The largest absolute Gasteiger partial charge is 0.354 e. The van der Waals surface area contributed by atoms with Crippen molar-refractivity contribution in [3.63, 3.8) is 0 Å². The summed E-state index contributed by atoms with van der Waals surface area (Å²) in [6.07, 6.45) is 0.308. The maximum Gasteiger partial charge on any atom is 0.256 e. The quantitative estimate of drug-likeness (QED) is 0.812. The van der Waals surface area contributed by atoms with E-state index in [0.29, 0.717) is 13.0 Å². The van der Waals surface area contributed by atoms with Crippen molar-refractivity contribution in [1.82, 2.24) is 5.32 Å². The number of carbonyl (C=O) groups is 1. The van der Waals surface area contributed by atoms with Gasteiger partial charge in [-0.3, -0.25) is 4.79 Å². The molecule has 0 bridgehead atoms. The van der Waals surface area contributed by atoms with Crippen LogP contribution >= 0.6 is 23.2 Å². The third-order valence-electron chi connectivity index (χ3n) is 1.94. The first kappa shape index (κ1) is 12.3. The Morgan fingerprint density at radius 3 is 2.47 bits per heavy atom. The van der Waals surface area contributed by atoms with Crippen LogP contribution in [-0.2, 0) is 11.2 Å². The van der Waals surface area contributed by atoms with E-state index in [-0.39, 0.29) is 5.91 Å². The van der Waals surface area contributed by atoms with Crippen molar-refractivity contribution in [2.45, 2.75) is 17.7 Å². The van der Waals surface area contributed by atoms with E-state index in [0.717, 1.165) is 5.56 Å². The third-order valence-corrected chi connectivity index (χ3v) is 2.55. The molecule has 0 saturated heterocycles. The molecule has 0 saturated carbocycles. The second kappa shape index (κ2) is 5.38. The van der Waals surface area contributed by atoms with Crippen LogP contribution in [0.5, 0.6) is 0 Å². The molecule has 0 aromatic heterocycles. The van der Waals surface area contributed by atoms with Crippen molar-refractivity contribution in [3.05, 3.63) is 35.9 Å². The number of hydrogen-bond acceptors (Lipinski definition) is 1. The molecule has 0 aliphatic carbocycles. The highest BCUT2D eigenvalue weighted by Crippen LogP contribution is 2.26. The molecule has 1 rings (SSSR count). The number of nitrogens with one attached hydrogen (secondary N) is 1. The van der Waals surface area contributed by atoms with Crippen LogP contribution in [-0.4, -0.2) is 16.8 Å². The molecule has 0 spiro atoms. The molecule has 0 unspecified atom stereocenters. The van der Waals surface area contributed by atoms with E-state index in [4.69, 9.17) is 23.2 Å². The highest BCUT2D eigenvalue weighted by atomic mass is 35.5. The summed E-state index contributed by atoms with van der Waals surface area (Å²) < 4.78 is -1.39. The number of benzene rings is 1. The molecule has 0 aliphatic heterocycles. The van der Waals surface area contributed by atoms with Crippen molar-refractivity contribution in [3.8, 4) is 0 Å². The molecule has 0 radical (unpaired) electrons. The normalized spacial score (nSPS) is 11.1. The second-order valence-electron chi connectivity index (χ2n) is 3.23. The molecule has 0 atom stereocenters. The van der Waals surface area contributed by atoms with Crippen molar-refractivity contribution >= 4 is 29.1 Å². The van der Waals surface area contributed by atoms with Gasteiger partial charge in [-0.25, -0.2) is 0 Å². The lowest BCUT2D eigenvalue weighted by atomic mass is 10.1. The molecule has 1 amide bonds. The molecule has 2 nitrogen and oxygen atoms in total. The molecular formula is C11H13Cl2NO. The minimum absolute atomic E-state index is 0.308. The molecule has 82 valence electrons. The maximum absolute atomic E-state index is 11.5. The van der Waals surface area contributed by atoms with Crippen LogP contribution in [0, 0.1) is 0 Å². The van der Waals surface area contributed by atoms with Gasteiger partial charge >= 0.3 is 0 Å². The van der Waals surface area contributed by atoms with Crippen molar-refractivity contribution in [1.29, 1.82) is 0 Å². The van der Waals surface area contributed by atoms with E-state index in [1.165, 1.54) is 0 Å². The number of alkyl halides is 2. The Morgan fingerprint density at radius 1 is 1.33 bits per heavy atom. The SMILES string of the molecule is CCNC(=O)C(Cl)(Cl)Cc1ccccc1. The van der Waals surface area contributed by atoms with E-state index < -0.39 is 4.33 Å². The predicted octanol–water partition coefficient (Wildman–Crippen LogP) is 2.54. The molecule has 0 heterocycles. The summed E-state index contributed by atoms with van der Waals surface area (Å²) in [6.45, 7) is 2.35. The zero-order valence-corrected chi connectivity index (χ0v) is 9.98. The Hall–Kier alpha value is -0.730. The summed E-state index contributed by atoms with van der Waals surface area (Å²) in [5, 5.41) is 2.60. The molecule has 4 heteroatoms. The summed E-state index contributed by atoms with van der Waals surface area (Å²) >= 11 is 11.9. The third kappa shape index (κ3) is 3.73. The van der Waals surface area contributed by atoms with E-state index >= 15 is 0 Å². The minimum atomic E-state index is -1.39. The van der Waals surface area contributed by atoms with Gasteiger partial charge in [-0.05, 0) is 12.5 Å². The molecule has 0 aliphatic rings. The van der Waals surface area contributed by atoms with Gasteiger partial charge in [-0.2, -0.15) is 0 Å². The van der Waals surface area contributed by atoms with Gasteiger partial charge in [0.15, 0.2) is 4.33 Å². The number of halogens is 2. The smallest absolute Gasteiger partial charge is 0.256 e. The Morgan fingerprint density at radius 2 is 1.93 bits per heavy atom. The lowest BCUT2D eigenvalue weighted by Crippen LogP contribution is -2.39. The number of amides is 1. The fraction of sp³-hybridized carbons (Fsp3) is 0.364. The van der Waals surface area contributed by atoms with Crippen LogP contribution in [0.25, 0.3) is 0 Å². The van der Waals surface area contributed by atoms with Crippen molar-refractivity contribution in [2.75, 3.05) is 6.54 Å². The van der Waals surface area contributed by atoms with Gasteiger partial charge in [0.25, 0.3) is 5.91 Å². The van der Waals surface area contributed by atoms with Gasteiger partial charge in [-0.15, -0.1) is 0 Å². The molecule has 1 aromatic rings. The van der Waals surface area contributed by atoms with Crippen LogP contribution in [0.3, 0.4) is 0 Å². The lowest BCUT2D eigenvalue weighted by molar-refractivity contribution is -0.121. The average molecular weight is 246 g/mol. The summed E-state index contributed by atoms with van der Waals surface area (Å²) in [6, 6.07) is 9.45. The van der Waals surface area contributed by atoms with Crippen LogP contribution in [0.1, 0.15) is 12.5 Å². The van der Waals surface area contributed by atoms with Gasteiger partial charge in [0.05, 0.1) is 0 Å². The maximum atomic E-state index is 11.5. The van der Waals surface area contributed by atoms with Crippen LogP contribution in [0.4, 0.5) is 0 Å². The number of hydrogen-bond donors (Lipinski definition) is 1. The Bertz CT molecular complexity index is 325. The first-order chi connectivity index (χ1) is 7.06. The highest BCUT2D eigenvalue weighted by Gasteiger charge is 2.33. The van der Waals surface area contributed by atoms with Crippen molar-refractivity contribution < 1.29 is 4.79 Å². The highest BCUT2D eigenvalue weighted by molar-refractivity contribution is 6.58. The van der Waals surface area contributed by atoms with E-state index in [1.807, 2.05) is 37.3 Å². The summed E-state index contributed by atoms with van der Waals surface area (Å²) in [7, 11) is 0. The van der Waals surface area contributed by atoms with Gasteiger partial charge in [-0.1, -0.05) is 53.5 Å². The van der Waals surface area contributed by atoms with E-state index in [9.17, 15) is 4.79 Å². The zero-order chi connectivity index (χ0) is 11.3. The van der Waals surface area contributed by atoms with E-state index in [2.05, 4.69) is 5.32 Å². The van der Waals surface area contributed by atoms with Gasteiger partial charge in [0.1, 0.15) is 0 Å². The molecule has 15 heavy (non-hydrogen) atoms. The predicted molar refractivity (Wildman–Crippen MR) is 63.3 cm³/mol. The zero-order valence-electron chi connectivity index (χ0n) is 8.47. The van der Waals surface area contributed by atoms with Crippen LogP contribution in [0.15, 0.2) is 30.3 Å². The summed E-state index contributed by atoms with van der Waals surface area (Å²) in [5.41, 5.74) is 0.939. The van der Waals surface area contributed by atoms with Crippen molar-refractivity contribution in [2.24, 2.45) is 0 Å². The number of carbonyl (C=O) groups excluding carboxylic acids is 1. The second-order valence-corrected chi connectivity index (χ2v) is 4.71. The van der Waals surface area contributed by atoms with Gasteiger partial charge < -0.3 is 5.32 Å². The Balaban J connectivity index is 2.68. The summed E-state index contributed by atoms with van der Waals surface area (Å²) in [5.74, 6) is -0.350. The lowest BCUT2D eigenvalue weighted by Gasteiger charge is -2.18. The first-order valence-electron chi connectivity index (χ1n) is 4.76. The van der Waals surface area contributed by atoms with E-state index in [1.54, 1.807) is 0 Å². The number of rotatable bonds is 4. The first-order valence-corrected chi connectivity index (χ1v) is 5.52. The topological polar surface area (TPSA) is 29.1 Å². The summed E-state index contributed by atoms with van der Waals surface area (Å²) in [4.78, 5) is 11.5. The van der Waals surface area contributed by atoms with Crippen LogP contribution in [0.2, 0.25) is 0 Å². The van der Waals surface area contributed by atoms with Gasteiger partial charge in [0, 0.05) is 13.0 Å². The van der Waals surface area contributed by atoms with Gasteiger partial charge in [0.2, 0.25) is 0 Å². The average Bonchev–Trinajstić information content (AvgIpc) is 2.19. The Kier molecular flexibility index (Phi) is 4.43. The van der Waals surface area contributed by atoms with Crippen LogP contribution < -0.4 is 5.32 Å². The monoisotopic (exact) mass is 245 g/mol. The Labute approximate surface area is 99.6 Å². The fourth-order valence-corrected chi connectivity index (χ4v) is 1.66. The fourth-order valence-electron chi connectivity index (χ4n) is 1.22. The molecule has 1 aromatic carbocycles. The minimum Gasteiger partial charge on any atom is -0.354 e. The molecule has 0 fully saturated rings.